The third-order valence-corrected chi connectivity index (χ3v) is 3.35. The third-order valence-electron chi connectivity index (χ3n) is 3.35. The predicted molar refractivity (Wildman–Crippen MR) is 64.2 cm³/mol. The maximum Gasteiger partial charge on any atom is 0.349 e. The second-order valence-electron chi connectivity index (χ2n) is 4.57. The summed E-state index contributed by atoms with van der Waals surface area (Å²) in [6.45, 7) is 4.00. The van der Waals surface area contributed by atoms with Crippen molar-refractivity contribution >= 4 is 11.5 Å². The van der Waals surface area contributed by atoms with Gasteiger partial charge in [0.05, 0.1) is 0 Å². The Labute approximate surface area is 98.1 Å². The molecule has 1 saturated carbocycles. The highest BCUT2D eigenvalue weighted by Crippen LogP contribution is 2.35. The maximum absolute atomic E-state index is 11.4. The minimum absolute atomic E-state index is 0.241. The van der Waals surface area contributed by atoms with Gasteiger partial charge in [0.15, 0.2) is 5.65 Å². The first kappa shape index (κ1) is 10.3. The number of hydrogen-bond acceptors (Lipinski definition) is 4. The quantitative estimate of drug-likeness (QED) is 0.827. The van der Waals surface area contributed by atoms with Gasteiger partial charge in [-0.25, -0.2) is 19.3 Å². The van der Waals surface area contributed by atoms with Gasteiger partial charge in [-0.15, -0.1) is 0 Å². The fourth-order valence-corrected chi connectivity index (χ4v) is 2.24. The highest BCUT2D eigenvalue weighted by atomic mass is 16.1. The first-order valence-electron chi connectivity index (χ1n) is 5.90. The van der Waals surface area contributed by atoms with Crippen LogP contribution in [0.1, 0.15) is 25.6 Å². The summed E-state index contributed by atoms with van der Waals surface area (Å²) in [7, 11) is 0. The molecule has 1 aliphatic rings. The number of H-pyrrole nitrogens is 1. The molecule has 0 bridgehead atoms. The summed E-state index contributed by atoms with van der Waals surface area (Å²) in [4.78, 5) is 15.8. The minimum Gasteiger partial charge on any atom is -0.367 e. The molecular weight excluding hydrogens is 218 g/mol. The number of rotatable bonds is 3. The molecule has 2 heterocycles. The van der Waals surface area contributed by atoms with Crippen molar-refractivity contribution < 1.29 is 0 Å². The van der Waals surface area contributed by atoms with Crippen molar-refractivity contribution in [1.82, 2.24) is 19.6 Å². The second-order valence-corrected chi connectivity index (χ2v) is 4.57. The average molecular weight is 233 g/mol. The Hall–Kier alpha value is -1.85. The molecule has 1 aliphatic carbocycles. The summed E-state index contributed by atoms with van der Waals surface area (Å²) < 4.78 is 1.47. The van der Waals surface area contributed by atoms with Gasteiger partial charge in [0.2, 0.25) is 0 Å². The standard InChI is InChI=1S/C11H15N5O/c1-3-7-4-8(7)13-9-5-10-14-15-11(17)16(10)6(2)12-9/h5,7-8,13H,3-4H2,1-2H3,(H,15,17). The van der Waals surface area contributed by atoms with Crippen LogP contribution in [-0.2, 0) is 0 Å². The lowest BCUT2D eigenvalue weighted by Gasteiger charge is -2.06. The van der Waals surface area contributed by atoms with E-state index in [-0.39, 0.29) is 5.69 Å². The fourth-order valence-electron chi connectivity index (χ4n) is 2.24. The molecule has 0 spiro atoms. The lowest BCUT2D eigenvalue weighted by molar-refractivity contribution is 0.772. The molecule has 1 fully saturated rings. The smallest absolute Gasteiger partial charge is 0.349 e. The van der Waals surface area contributed by atoms with E-state index in [1.165, 1.54) is 17.2 Å². The van der Waals surface area contributed by atoms with Gasteiger partial charge < -0.3 is 5.32 Å². The minimum atomic E-state index is -0.241. The fraction of sp³-hybridized carbons (Fsp3) is 0.545. The Balaban J connectivity index is 1.93. The molecule has 2 atom stereocenters. The Morgan fingerprint density at radius 1 is 1.65 bits per heavy atom. The average Bonchev–Trinajstić information content (AvgIpc) is 2.93. The number of anilines is 1. The van der Waals surface area contributed by atoms with Crippen LogP contribution in [0.25, 0.3) is 5.65 Å². The molecule has 0 aliphatic heterocycles. The molecule has 6 heteroatoms. The van der Waals surface area contributed by atoms with Crippen LogP contribution in [0, 0.1) is 12.8 Å². The van der Waals surface area contributed by atoms with Crippen molar-refractivity contribution in [3.63, 3.8) is 0 Å². The van der Waals surface area contributed by atoms with Gasteiger partial charge in [-0.3, -0.25) is 0 Å². The molecule has 3 rings (SSSR count). The van der Waals surface area contributed by atoms with Crippen LogP contribution in [0.5, 0.6) is 0 Å². The number of aromatic amines is 1. The van der Waals surface area contributed by atoms with Crippen LogP contribution in [0.15, 0.2) is 10.9 Å². The van der Waals surface area contributed by atoms with Gasteiger partial charge in [0.1, 0.15) is 11.6 Å². The SMILES string of the molecule is CCC1CC1Nc1cc2n[nH]c(=O)n2c(C)n1. The summed E-state index contributed by atoms with van der Waals surface area (Å²) in [5, 5.41) is 9.75. The molecule has 0 aromatic carbocycles. The molecular formula is C11H15N5O. The van der Waals surface area contributed by atoms with E-state index in [4.69, 9.17) is 0 Å². The summed E-state index contributed by atoms with van der Waals surface area (Å²) in [5.74, 6) is 2.21. The van der Waals surface area contributed by atoms with Crippen molar-refractivity contribution in [2.75, 3.05) is 5.32 Å². The molecule has 2 unspecified atom stereocenters. The Morgan fingerprint density at radius 2 is 2.47 bits per heavy atom. The van der Waals surface area contributed by atoms with Gasteiger partial charge in [-0.05, 0) is 19.3 Å². The molecule has 2 aromatic heterocycles. The monoisotopic (exact) mass is 233 g/mol. The van der Waals surface area contributed by atoms with E-state index in [2.05, 4.69) is 27.4 Å². The van der Waals surface area contributed by atoms with Crippen molar-refractivity contribution in [2.45, 2.75) is 32.7 Å². The maximum atomic E-state index is 11.4. The number of nitrogens with one attached hydrogen (secondary N) is 2. The van der Waals surface area contributed by atoms with Gasteiger partial charge in [-0.2, -0.15) is 5.10 Å². The Morgan fingerprint density at radius 3 is 3.18 bits per heavy atom. The van der Waals surface area contributed by atoms with Crippen LogP contribution < -0.4 is 11.0 Å². The van der Waals surface area contributed by atoms with E-state index >= 15 is 0 Å². The van der Waals surface area contributed by atoms with Crippen molar-refractivity contribution in [3.8, 4) is 0 Å². The summed E-state index contributed by atoms with van der Waals surface area (Å²) in [5.41, 5.74) is 0.369. The number of nitrogens with zero attached hydrogens (tertiary/aromatic N) is 3. The molecule has 0 radical (unpaired) electrons. The van der Waals surface area contributed by atoms with E-state index < -0.39 is 0 Å². The number of hydrogen-bond donors (Lipinski definition) is 2. The van der Waals surface area contributed by atoms with Gasteiger partial charge in [0, 0.05) is 12.1 Å². The van der Waals surface area contributed by atoms with Crippen LogP contribution >= 0.6 is 0 Å². The molecule has 17 heavy (non-hydrogen) atoms. The lowest BCUT2D eigenvalue weighted by atomic mass is 10.3. The van der Waals surface area contributed by atoms with Gasteiger partial charge >= 0.3 is 5.69 Å². The summed E-state index contributed by atoms with van der Waals surface area (Å²) >= 11 is 0. The lowest BCUT2D eigenvalue weighted by Crippen LogP contribution is -2.14. The molecule has 2 N–H and O–H groups in total. The largest absolute Gasteiger partial charge is 0.367 e. The molecule has 0 amide bonds. The zero-order chi connectivity index (χ0) is 12.0. The summed E-state index contributed by atoms with van der Waals surface area (Å²) in [6.07, 6.45) is 2.40. The van der Waals surface area contributed by atoms with Gasteiger partial charge in [-0.1, -0.05) is 13.3 Å². The van der Waals surface area contributed by atoms with E-state index in [9.17, 15) is 4.79 Å². The molecule has 90 valence electrons. The van der Waals surface area contributed by atoms with E-state index in [0.29, 0.717) is 17.5 Å². The third kappa shape index (κ3) is 1.69. The normalized spacial score (nSPS) is 22.9. The number of aromatic nitrogens is 4. The van der Waals surface area contributed by atoms with Crippen molar-refractivity contribution in [2.24, 2.45) is 5.92 Å². The molecule has 2 aromatic rings. The number of fused-ring (bicyclic) bond motifs is 1. The van der Waals surface area contributed by atoms with E-state index in [1.807, 2.05) is 0 Å². The highest BCUT2D eigenvalue weighted by Gasteiger charge is 2.35. The second kappa shape index (κ2) is 3.58. The van der Waals surface area contributed by atoms with Crippen molar-refractivity contribution in [1.29, 1.82) is 0 Å². The zero-order valence-corrected chi connectivity index (χ0v) is 9.90. The number of aryl methyl sites for hydroxylation is 1. The van der Waals surface area contributed by atoms with Crippen LogP contribution in [0.2, 0.25) is 0 Å². The Bertz CT molecular complexity index is 614. The van der Waals surface area contributed by atoms with E-state index in [0.717, 1.165) is 11.7 Å². The predicted octanol–water partition coefficient (Wildman–Crippen LogP) is 0.936. The molecule has 0 saturated heterocycles. The van der Waals surface area contributed by atoms with Crippen LogP contribution in [-0.4, -0.2) is 25.6 Å². The zero-order valence-electron chi connectivity index (χ0n) is 9.90. The highest BCUT2D eigenvalue weighted by molar-refractivity contribution is 5.50. The Kier molecular flexibility index (Phi) is 2.17. The van der Waals surface area contributed by atoms with Crippen LogP contribution in [0.4, 0.5) is 5.82 Å². The molecule has 6 nitrogen and oxygen atoms in total. The van der Waals surface area contributed by atoms with E-state index in [1.54, 1.807) is 13.0 Å². The first-order valence-corrected chi connectivity index (χ1v) is 5.90. The van der Waals surface area contributed by atoms with Crippen LogP contribution in [0.3, 0.4) is 0 Å². The first-order chi connectivity index (χ1) is 8.19. The van der Waals surface area contributed by atoms with Gasteiger partial charge in [0.25, 0.3) is 0 Å². The topological polar surface area (TPSA) is 75.1 Å². The summed E-state index contributed by atoms with van der Waals surface area (Å²) in [6, 6.07) is 2.33. The van der Waals surface area contributed by atoms with Crippen molar-refractivity contribution in [3.05, 3.63) is 22.4 Å².